The number of hydrogen-bond acceptors (Lipinski definition) is 6. The summed E-state index contributed by atoms with van der Waals surface area (Å²) in [6.07, 6.45) is 11.7. The Hall–Kier alpha value is -2.68. The number of ketones is 1. The Balaban J connectivity index is 1.28. The van der Waals surface area contributed by atoms with Gasteiger partial charge in [0.15, 0.2) is 0 Å². The number of benzene rings is 2. The number of amides is 1. The molecular weight excluding hydrogens is 644 g/mol. The number of halogens is 1. The van der Waals surface area contributed by atoms with Crippen molar-refractivity contribution in [3.8, 4) is 5.75 Å². The Morgan fingerprint density at radius 3 is 2.77 bits per heavy atom. The monoisotopic (exact) mass is 692 g/mol. The van der Waals surface area contributed by atoms with Gasteiger partial charge in [-0.3, -0.25) is 9.59 Å². The van der Waals surface area contributed by atoms with Crippen LogP contribution in [0.1, 0.15) is 80.3 Å². The summed E-state index contributed by atoms with van der Waals surface area (Å²) in [5.41, 5.74) is 3.61. The van der Waals surface area contributed by atoms with Gasteiger partial charge in [-0.1, -0.05) is 43.7 Å². The van der Waals surface area contributed by atoms with Crippen molar-refractivity contribution in [1.82, 2.24) is 0 Å². The molecule has 0 N–H and O–H groups in total. The highest BCUT2D eigenvalue weighted by atomic mass is 35.5. The molecule has 0 radical (unpaired) electrons. The van der Waals surface area contributed by atoms with E-state index in [4.69, 9.17) is 21.1 Å². The lowest BCUT2D eigenvalue weighted by atomic mass is 9.68. The summed E-state index contributed by atoms with van der Waals surface area (Å²) in [6, 6.07) is 11.8. The van der Waals surface area contributed by atoms with Gasteiger partial charge in [0.05, 0.1) is 33.9 Å². The summed E-state index contributed by atoms with van der Waals surface area (Å²) in [6.45, 7) is 6.27. The summed E-state index contributed by atoms with van der Waals surface area (Å²) < 4.78 is 31.6. The van der Waals surface area contributed by atoms with E-state index in [-0.39, 0.29) is 34.7 Å². The number of ether oxygens (including phenoxy) is 2. The lowest BCUT2D eigenvalue weighted by Gasteiger charge is -2.46. The molecule has 0 aromatic heterocycles. The molecule has 7 nitrogen and oxygen atoms in total. The maximum atomic E-state index is 14.4. The third-order valence-corrected chi connectivity index (χ3v) is 14.3. The zero-order valence-corrected chi connectivity index (χ0v) is 30.1. The fourth-order valence-corrected chi connectivity index (χ4v) is 11.3. The molecule has 2 saturated carbocycles. The number of fused-ring (bicyclic) bond motifs is 4. The summed E-state index contributed by atoms with van der Waals surface area (Å²) in [7, 11) is -1.33. The molecule has 0 saturated heterocycles. The topological polar surface area (TPSA) is 85.3 Å². The van der Waals surface area contributed by atoms with Gasteiger partial charge in [-0.2, -0.15) is 4.36 Å². The number of anilines is 1. The second-order valence-corrected chi connectivity index (χ2v) is 18.2. The minimum atomic E-state index is -3.12. The van der Waals surface area contributed by atoms with Gasteiger partial charge in [-0.15, -0.1) is 0 Å². The van der Waals surface area contributed by atoms with Gasteiger partial charge in [0.2, 0.25) is 0 Å². The van der Waals surface area contributed by atoms with Crippen LogP contribution in [0.25, 0.3) is 0 Å². The Labute approximate surface area is 291 Å². The number of allylic oxidation sites excluding steroid dienone is 1. The quantitative estimate of drug-likeness (QED) is 0.299. The largest absolute Gasteiger partial charge is 0.490 e. The average molecular weight is 693 g/mol. The molecule has 1 spiro atoms. The maximum absolute atomic E-state index is 14.4. The van der Waals surface area contributed by atoms with Crippen LogP contribution in [0, 0.1) is 29.6 Å². The summed E-state index contributed by atoms with van der Waals surface area (Å²) in [5.74, 6) is 1.86. The molecule has 2 aliphatic heterocycles. The highest BCUT2D eigenvalue weighted by molar-refractivity contribution is 7.94. The zero-order chi connectivity index (χ0) is 33.6. The fourth-order valence-electron chi connectivity index (χ4n) is 8.76. The van der Waals surface area contributed by atoms with Crippen LogP contribution in [0.2, 0.25) is 5.02 Å². The normalized spacial score (nSPS) is 35.2. The number of carbonyl (C=O) groups is 2. The van der Waals surface area contributed by atoms with E-state index in [1.165, 1.54) is 11.1 Å². The van der Waals surface area contributed by atoms with Crippen LogP contribution in [0.5, 0.6) is 5.75 Å². The first-order valence-corrected chi connectivity index (χ1v) is 20.1. The number of nitrogens with zero attached hydrogens (tertiary/aromatic N) is 2. The second kappa shape index (κ2) is 13.6. The van der Waals surface area contributed by atoms with Crippen LogP contribution in [-0.4, -0.2) is 60.3 Å². The lowest BCUT2D eigenvalue weighted by Crippen LogP contribution is -2.49. The first kappa shape index (κ1) is 33.8. The fraction of sp³-hybridized carbons (Fsp3) is 0.590. The summed E-state index contributed by atoms with van der Waals surface area (Å²) in [4.78, 5) is 29.5. The molecule has 8 atom stereocenters. The number of rotatable bonds is 5. The predicted octanol–water partition coefficient (Wildman–Crippen LogP) is 7.67. The number of methoxy groups -OCH3 is 1. The van der Waals surface area contributed by atoms with Crippen molar-refractivity contribution in [3.05, 3.63) is 70.3 Å². The van der Waals surface area contributed by atoms with Crippen molar-refractivity contribution in [2.75, 3.05) is 43.2 Å². The molecule has 1 amide bonds. The summed E-state index contributed by atoms with van der Waals surface area (Å²) in [5, 5.41) is 0.756. The Morgan fingerprint density at radius 2 is 2.02 bits per heavy atom. The molecule has 258 valence electrons. The van der Waals surface area contributed by atoms with Crippen molar-refractivity contribution in [3.63, 3.8) is 0 Å². The first-order valence-electron chi connectivity index (χ1n) is 17.8. The third-order valence-electron chi connectivity index (χ3n) is 11.7. The molecule has 2 fully saturated rings. The van der Waals surface area contributed by atoms with Gasteiger partial charge in [-0.25, -0.2) is 4.21 Å². The smallest absolute Gasteiger partial charge is 0.285 e. The van der Waals surface area contributed by atoms with Crippen molar-refractivity contribution in [1.29, 1.82) is 0 Å². The van der Waals surface area contributed by atoms with E-state index >= 15 is 0 Å². The Morgan fingerprint density at radius 1 is 1.19 bits per heavy atom. The number of carbonyl (C=O) groups excluding carboxylic acids is 2. The second-order valence-electron chi connectivity index (χ2n) is 15.5. The molecule has 2 aromatic rings. The highest BCUT2D eigenvalue weighted by Gasteiger charge is 2.44. The summed E-state index contributed by atoms with van der Waals surface area (Å²) >= 11 is 6.45. The number of hydrogen-bond donors (Lipinski definition) is 0. The van der Waals surface area contributed by atoms with Gasteiger partial charge in [0.1, 0.15) is 11.5 Å². The molecule has 2 bridgehead atoms. The maximum Gasteiger partial charge on any atom is 0.285 e. The van der Waals surface area contributed by atoms with E-state index in [0.29, 0.717) is 48.7 Å². The first-order chi connectivity index (χ1) is 23.0. The van der Waals surface area contributed by atoms with E-state index in [1.54, 1.807) is 13.2 Å². The van der Waals surface area contributed by atoms with Gasteiger partial charge in [0, 0.05) is 48.4 Å². The molecule has 2 heterocycles. The van der Waals surface area contributed by atoms with Gasteiger partial charge in [0.25, 0.3) is 5.91 Å². The molecular formula is C39H49ClN2O5S. The minimum absolute atomic E-state index is 0.0119. The molecule has 2 aromatic carbocycles. The van der Waals surface area contributed by atoms with Crippen LogP contribution >= 0.6 is 11.6 Å². The average Bonchev–Trinajstić information content (AvgIpc) is 3.75. The van der Waals surface area contributed by atoms with Crippen molar-refractivity contribution in [2.24, 2.45) is 34.0 Å². The number of aryl methyl sites for hydroxylation is 1. The standard InChI is InChI=1S/C39H49ClN2O5S/c1-25-6-4-8-36(46-3)33-12-9-29(33)20-42-23-39(15-5-7-27-17-31(40)11-13-34(27)39)24-47-37-14-10-28(19-35(37)42)38(44)41-48(45,21-25)22-32(43)18-30-16-26(30)2/h4,8,10-11,13-14,17,19,25-26,29-30,33,36H,5-7,9,12,15-16,18,20-24H2,1-3H3/b8-4+/t25-,26-,29-,30+,33+,36-,39-,48+/m0/s1. The van der Waals surface area contributed by atoms with E-state index < -0.39 is 15.6 Å². The van der Waals surface area contributed by atoms with Crippen LogP contribution in [0.3, 0.4) is 0 Å². The molecule has 9 heteroatoms. The molecule has 5 aliphatic rings. The molecule has 48 heavy (non-hydrogen) atoms. The van der Waals surface area contributed by atoms with E-state index in [0.717, 1.165) is 68.1 Å². The van der Waals surface area contributed by atoms with Gasteiger partial charge in [-0.05, 0) is 116 Å². The zero-order valence-electron chi connectivity index (χ0n) is 28.5. The third kappa shape index (κ3) is 6.99. The number of Topliss-reactive ketones (excluding diaryl/α,β-unsaturated/α-hetero) is 1. The van der Waals surface area contributed by atoms with Crippen LogP contribution in [-0.2, 0) is 31.1 Å². The highest BCUT2D eigenvalue weighted by Crippen LogP contribution is 2.47. The molecule has 7 rings (SSSR count). The van der Waals surface area contributed by atoms with Crippen LogP contribution < -0.4 is 9.64 Å². The Kier molecular flexibility index (Phi) is 9.55. The predicted molar refractivity (Wildman–Crippen MR) is 192 cm³/mol. The van der Waals surface area contributed by atoms with Gasteiger partial charge >= 0.3 is 0 Å². The van der Waals surface area contributed by atoms with Crippen molar-refractivity contribution < 1.29 is 23.3 Å². The molecule has 3 aliphatic carbocycles. The van der Waals surface area contributed by atoms with Gasteiger partial charge < -0.3 is 14.4 Å². The van der Waals surface area contributed by atoms with Crippen molar-refractivity contribution in [2.45, 2.75) is 76.7 Å². The lowest BCUT2D eigenvalue weighted by molar-refractivity contribution is -0.117. The van der Waals surface area contributed by atoms with Crippen LogP contribution in [0.15, 0.2) is 52.9 Å². The van der Waals surface area contributed by atoms with E-state index in [2.05, 4.69) is 40.5 Å². The SMILES string of the molecule is CO[C@H]1/C=C/C[C@H](C)C[S@@](=O)(CC(=O)C[C@H]2C[C@@H]2C)=NC(=O)c2ccc3c(c2)N(C[C@@H]2CC[C@H]21)C[C@@]1(CCCc2cc(Cl)ccc21)CO3. The Bertz CT molecular complexity index is 1730. The van der Waals surface area contributed by atoms with E-state index in [1.807, 2.05) is 25.1 Å². The van der Waals surface area contributed by atoms with Crippen LogP contribution in [0.4, 0.5) is 5.69 Å². The van der Waals surface area contributed by atoms with E-state index in [9.17, 15) is 13.8 Å². The van der Waals surface area contributed by atoms with Crippen molar-refractivity contribution >= 4 is 38.7 Å². The molecule has 0 unspecified atom stereocenters. The minimum Gasteiger partial charge on any atom is -0.490 e.